The van der Waals surface area contributed by atoms with Gasteiger partial charge in [0.2, 0.25) is 0 Å². The molecule has 2 aromatic carbocycles. The molecule has 0 saturated carbocycles. The Morgan fingerprint density at radius 1 is 0.900 bits per heavy atom. The van der Waals surface area contributed by atoms with Crippen LogP contribution >= 0.6 is 0 Å². The van der Waals surface area contributed by atoms with Crippen molar-refractivity contribution in [3.8, 4) is 0 Å². The van der Waals surface area contributed by atoms with Crippen molar-refractivity contribution in [2.24, 2.45) is 5.92 Å². The number of amides is 2. The third kappa shape index (κ3) is 4.92. The molecule has 4 rings (SSSR count). The number of hydrogen-bond acceptors (Lipinski definition) is 3. The lowest BCUT2D eigenvalue weighted by atomic mass is 9.90. The van der Waals surface area contributed by atoms with Gasteiger partial charge in [-0.05, 0) is 48.9 Å². The highest BCUT2D eigenvalue weighted by Crippen LogP contribution is 2.23. The molecule has 5 nitrogen and oxygen atoms in total. The molecule has 2 amide bonds. The topological polar surface area (TPSA) is 62.3 Å². The summed E-state index contributed by atoms with van der Waals surface area (Å²) < 4.78 is 0. The minimum absolute atomic E-state index is 0.0602. The van der Waals surface area contributed by atoms with Gasteiger partial charge >= 0.3 is 0 Å². The fourth-order valence-corrected chi connectivity index (χ4v) is 3.88. The molecule has 0 atom stereocenters. The second-order valence-corrected chi connectivity index (χ2v) is 7.71. The van der Waals surface area contributed by atoms with Gasteiger partial charge in [-0.25, -0.2) is 0 Å². The largest absolute Gasteiger partial charge is 0.339 e. The van der Waals surface area contributed by atoms with Gasteiger partial charge in [0.1, 0.15) is 0 Å². The predicted octanol–water partition coefficient (Wildman–Crippen LogP) is 4.43. The van der Waals surface area contributed by atoms with Crippen LogP contribution in [-0.4, -0.2) is 34.8 Å². The van der Waals surface area contributed by atoms with Crippen LogP contribution in [-0.2, 0) is 6.42 Å². The molecule has 0 bridgehead atoms. The number of rotatable bonds is 5. The third-order valence-corrected chi connectivity index (χ3v) is 5.55. The summed E-state index contributed by atoms with van der Waals surface area (Å²) in [4.78, 5) is 31.5. The van der Waals surface area contributed by atoms with Gasteiger partial charge in [-0.15, -0.1) is 0 Å². The van der Waals surface area contributed by atoms with E-state index in [9.17, 15) is 9.59 Å². The van der Waals surface area contributed by atoms with Crippen LogP contribution < -0.4 is 5.32 Å². The van der Waals surface area contributed by atoms with Crippen LogP contribution in [0.4, 0.5) is 5.69 Å². The van der Waals surface area contributed by atoms with Crippen LogP contribution in [0, 0.1) is 5.92 Å². The van der Waals surface area contributed by atoms with E-state index in [0.717, 1.165) is 32.4 Å². The van der Waals surface area contributed by atoms with Gasteiger partial charge in [-0.3, -0.25) is 14.6 Å². The minimum atomic E-state index is -0.273. The molecule has 30 heavy (non-hydrogen) atoms. The summed E-state index contributed by atoms with van der Waals surface area (Å²) in [6.45, 7) is 1.47. The first kappa shape index (κ1) is 19.8. The second kappa shape index (κ2) is 9.35. The fourth-order valence-electron chi connectivity index (χ4n) is 3.88. The van der Waals surface area contributed by atoms with Gasteiger partial charge in [-0.1, -0.05) is 48.5 Å². The summed E-state index contributed by atoms with van der Waals surface area (Å²) in [5.74, 6) is 0.262. The summed E-state index contributed by atoms with van der Waals surface area (Å²) in [7, 11) is 0. The Kier molecular flexibility index (Phi) is 6.18. The molecule has 1 aliphatic rings. The van der Waals surface area contributed by atoms with Crippen molar-refractivity contribution < 1.29 is 9.59 Å². The number of nitrogens with one attached hydrogen (secondary N) is 1. The second-order valence-electron chi connectivity index (χ2n) is 7.71. The fraction of sp³-hybridized carbons (Fsp3) is 0.240. The van der Waals surface area contributed by atoms with Gasteiger partial charge in [0.15, 0.2) is 0 Å². The number of carbonyl (C=O) groups is 2. The molecule has 1 saturated heterocycles. The van der Waals surface area contributed by atoms with Crippen molar-refractivity contribution in [3.05, 3.63) is 95.8 Å². The first-order valence-electron chi connectivity index (χ1n) is 10.3. The molecule has 0 aliphatic carbocycles. The SMILES string of the molecule is O=C(Nc1ccccc1)c1cncc(C(=O)N2CCC(Cc3ccccc3)CC2)c1. The third-order valence-electron chi connectivity index (χ3n) is 5.55. The van der Waals surface area contributed by atoms with Crippen molar-refractivity contribution >= 4 is 17.5 Å². The van der Waals surface area contributed by atoms with E-state index in [1.807, 2.05) is 41.3 Å². The normalized spacial score (nSPS) is 14.3. The van der Waals surface area contributed by atoms with Crippen molar-refractivity contribution in [1.82, 2.24) is 9.88 Å². The number of piperidine rings is 1. The Morgan fingerprint density at radius 3 is 2.23 bits per heavy atom. The molecule has 5 heteroatoms. The van der Waals surface area contributed by atoms with Crippen molar-refractivity contribution in [1.29, 1.82) is 0 Å². The Labute approximate surface area is 176 Å². The number of carbonyl (C=O) groups excluding carboxylic acids is 2. The zero-order valence-electron chi connectivity index (χ0n) is 16.8. The van der Waals surface area contributed by atoms with E-state index in [2.05, 4.69) is 34.6 Å². The monoisotopic (exact) mass is 399 g/mol. The molecule has 1 aromatic heterocycles. The number of para-hydroxylation sites is 1. The molecule has 1 fully saturated rings. The van der Waals surface area contributed by atoms with E-state index in [0.29, 0.717) is 22.7 Å². The number of anilines is 1. The van der Waals surface area contributed by atoms with Crippen LogP contribution in [0.5, 0.6) is 0 Å². The highest BCUT2D eigenvalue weighted by molar-refractivity contribution is 6.05. The lowest BCUT2D eigenvalue weighted by molar-refractivity contribution is 0.0690. The first-order chi connectivity index (χ1) is 14.7. The number of likely N-dealkylation sites (tertiary alicyclic amines) is 1. The van der Waals surface area contributed by atoms with E-state index in [4.69, 9.17) is 0 Å². The maximum absolute atomic E-state index is 13.0. The number of aromatic nitrogens is 1. The van der Waals surface area contributed by atoms with Crippen LogP contribution in [0.2, 0.25) is 0 Å². The summed E-state index contributed by atoms with van der Waals surface area (Å²) in [6, 6.07) is 21.4. The van der Waals surface area contributed by atoms with Crippen LogP contribution in [0.25, 0.3) is 0 Å². The highest BCUT2D eigenvalue weighted by atomic mass is 16.2. The van der Waals surface area contributed by atoms with E-state index in [1.54, 1.807) is 6.07 Å². The summed E-state index contributed by atoms with van der Waals surface area (Å²) >= 11 is 0. The molecule has 0 unspecified atom stereocenters. The number of hydrogen-bond donors (Lipinski definition) is 1. The molecular weight excluding hydrogens is 374 g/mol. The van der Waals surface area contributed by atoms with Crippen LogP contribution in [0.3, 0.4) is 0 Å². The minimum Gasteiger partial charge on any atom is -0.339 e. The molecule has 0 radical (unpaired) electrons. The quantitative estimate of drug-likeness (QED) is 0.690. The standard InChI is InChI=1S/C25H25N3O2/c29-24(27-23-9-5-2-6-10-23)21-16-22(18-26-17-21)25(30)28-13-11-20(12-14-28)15-19-7-3-1-4-8-19/h1-10,16-18,20H,11-15H2,(H,27,29). The number of benzene rings is 2. The Morgan fingerprint density at radius 2 is 1.53 bits per heavy atom. The zero-order chi connectivity index (χ0) is 20.8. The predicted molar refractivity (Wildman–Crippen MR) is 117 cm³/mol. The lowest BCUT2D eigenvalue weighted by Crippen LogP contribution is -2.39. The Hall–Kier alpha value is -3.47. The van der Waals surface area contributed by atoms with Crippen molar-refractivity contribution in [2.45, 2.75) is 19.3 Å². The first-order valence-corrected chi connectivity index (χ1v) is 10.3. The molecule has 0 spiro atoms. The number of nitrogens with zero attached hydrogens (tertiary/aromatic N) is 2. The van der Waals surface area contributed by atoms with E-state index in [1.165, 1.54) is 18.0 Å². The molecule has 152 valence electrons. The zero-order valence-corrected chi connectivity index (χ0v) is 16.8. The molecule has 3 aromatic rings. The van der Waals surface area contributed by atoms with E-state index >= 15 is 0 Å². The maximum atomic E-state index is 13.0. The average molecular weight is 399 g/mol. The van der Waals surface area contributed by atoms with Crippen LogP contribution in [0.15, 0.2) is 79.1 Å². The van der Waals surface area contributed by atoms with Gasteiger partial charge in [0.25, 0.3) is 11.8 Å². The summed E-state index contributed by atoms with van der Waals surface area (Å²) in [5, 5.41) is 2.83. The lowest BCUT2D eigenvalue weighted by Gasteiger charge is -2.32. The van der Waals surface area contributed by atoms with Gasteiger partial charge in [0.05, 0.1) is 11.1 Å². The van der Waals surface area contributed by atoms with Gasteiger partial charge in [-0.2, -0.15) is 0 Å². The number of pyridine rings is 1. The van der Waals surface area contributed by atoms with Crippen LogP contribution in [0.1, 0.15) is 39.1 Å². The van der Waals surface area contributed by atoms with Gasteiger partial charge in [0, 0.05) is 31.2 Å². The Balaban J connectivity index is 1.36. The maximum Gasteiger partial charge on any atom is 0.257 e. The highest BCUT2D eigenvalue weighted by Gasteiger charge is 2.24. The van der Waals surface area contributed by atoms with E-state index in [-0.39, 0.29) is 11.8 Å². The average Bonchev–Trinajstić information content (AvgIpc) is 2.80. The Bertz CT molecular complexity index is 997. The molecule has 1 N–H and O–H groups in total. The molecule has 1 aliphatic heterocycles. The van der Waals surface area contributed by atoms with E-state index < -0.39 is 0 Å². The van der Waals surface area contributed by atoms with Gasteiger partial charge < -0.3 is 10.2 Å². The summed E-state index contributed by atoms with van der Waals surface area (Å²) in [5.41, 5.74) is 2.89. The summed E-state index contributed by atoms with van der Waals surface area (Å²) in [6.07, 6.45) is 6.06. The molecular formula is C25H25N3O2. The molecule has 2 heterocycles. The van der Waals surface area contributed by atoms with Crippen molar-refractivity contribution in [2.75, 3.05) is 18.4 Å². The smallest absolute Gasteiger partial charge is 0.257 e. The van der Waals surface area contributed by atoms with Crippen molar-refractivity contribution in [3.63, 3.8) is 0 Å².